The van der Waals surface area contributed by atoms with Gasteiger partial charge in [0.1, 0.15) is 24.2 Å². The van der Waals surface area contributed by atoms with Crippen LogP contribution in [0.3, 0.4) is 0 Å². The standard InChI is InChI=1S/C59H82N4O12/c1-36(2)29-46-56(68)72-41(10)53(65)61(12)49(32-39(7)8)59(71)75-51(35-45-27-25-44(26-28-45)33-42-21-17-15-18-22-42)55(67)63(14)47(30-37(3)4)57(69)73-40(9)52(64)60(11)48(31-38(5)6)58(70)74-50(54(66)62(46)13)34-43-23-19-16-20-24-43/h15-28,36-41,46-51H,29-35H2,1-14H3/t40-,41-,46+,47+,48+,49+,50-,51-/m1/s1. The predicted molar refractivity (Wildman–Crippen MR) is 284 cm³/mol. The van der Waals surface area contributed by atoms with Crippen LogP contribution < -0.4 is 0 Å². The number of esters is 4. The lowest BCUT2D eigenvalue weighted by Crippen LogP contribution is -2.55. The smallest absolute Gasteiger partial charge is 0.329 e. The Balaban J connectivity index is 1.85. The Morgan fingerprint density at radius 3 is 0.933 bits per heavy atom. The molecular formula is C59H82N4O12. The largest absolute Gasteiger partial charge is 0.451 e. The number of likely N-dealkylation sites (N-methyl/N-ethyl adjacent to an activating group) is 4. The minimum atomic E-state index is -1.51. The third kappa shape index (κ3) is 17.8. The van der Waals surface area contributed by atoms with Gasteiger partial charge in [0.05, 0.1) is 0 Å². The molecule has 3 aromatic carbocycles. The van der Waals surface area contributed by atoms with Gasteiger partial charge in [-0.2, -0.15) is 0 Å². The highest BCUT2D eigenvalue weighted by molar-refractivity contribution is 5.94. The van der Waals surface area contributed by atoms with Gasteiger partial charge in [-0.15, -0.1) is 0 Å². The number of amides is 4. The molecule has 0 unspecified atom stereocenters. The van der Waals surface area contributed by atoms with E-state index in [1.165, 1.54) is 46.9 Å². The van der Waals surface area contributed by atoms with Crippen LogP contribution in [0.5, 0.6) is 0 Å². The lowest BCUT2D eigenvalue weighted by molar-refractivity contribution is -0.176. The van der Waals surface area contributed by atoms with E-state index >= 15 is 0 Å². The molecule has 1 heterocycles. The van der Waals surface area contributed by atoms with Crippen molar-refractivity contribution in [1.82, 2.24) is 19.6 Å². The fourth-order valence-corrected chi connectivity index (χ4v) is 9.15. The van der Waals surface area contributed by atoms with Crippen LogP contribution in [0, 0.1) is 23.7 Å². The number of benzene rings is 3. The van der Waals surface area contributed by atoms with Gasteiger partial charge in [0, 0.05) is 41.0 Å². The maximum Gasteiger partial charge on any atom is 0.329 e. The maximum atomic E-state index is 14.9. The summed E-state index contributed by atoms with van der Waals surface area (Å²) in [7, 11) is 5.59. The van der Waals surface area contributed by atoms with Crippen molar-refractivity contribution in [2.75, 3.05) is 28.2 Å². The van der Waals surface area contributed by atoms with Gasteiger partial charge in [0.15, 0.2) is 24.4 Å². The zero-order valence-corrected chi connectivity index (χ0v) is 46.6. The zero-order valence-electron chi connectivity index (χ0n) is 46.6. The van der Waals surface area contributed by atoms with E-state index in [-0.39, 0.29) is 62.2 Å². The molecule has 4 rings (SSSR count). The van der Waals surface area contributed by atoms with Crippen molar-refractivity contribution in [3.8, 4) is 0 Å². The summed E-state index contributed by atoms with van der Waals surface area (Å²) in [5, 5.41) is 0. The van der Waals surface area contributed by atoms with Gasteiger partial charge < -0.3 is 38.5 Å². The van der Waals surface area contributed by atoms with Crippen LogP contribution in [0.15, 0.2) is 84.9 Å². The Bertz CT molecular complexity index is 2380. The highest BCUT2D eigenvalue weighted by Crippen LogP contribution is 2.25. The Morgan fingerprint density at radius 1 is 0.360 bits per heavy atom. The first-order valence-electron chi connectivity index (χ1n) is 26.3. The summed E-state index contributed by atoms with van der Waals surface area (Å²) >= 11 is 0. The Morgan fingerprint density at radius 2 is 0.613 bits per heavy atom. The van der Waals surface area contributed by atoms with E-state index in [0.29, 0.717) is 17.5 Å². The normalized spacial score (nSPS) is 23.9. The third-order valence-electron chi connectivity index (χ3n) is 13.4. The molecule has 3 aromatic rings. The van der Waals surface area contributed by atoms with E-state index in [4.69, 9.17) is 18.9 Å². The second-order valence-electron chi connectivity index (χ2n) is 21.8. The molecule has 0 aromatic heterocycles. The van der Waals surface area contributed by atoms with Crippen LogP contribution in [0.1, 0.15) is 117 Å². The van der Waals surface area contributed by atoms with Crippen LogP contribution in [0.4, 0.5) is 0 Å². The minimum absolute atomic E-state index is 0.0856. The third-order valence-corrected chi connectivity index (χ3v) is 13.4. The molecule has 16 nitrogen and oxygen atoms in total. The molecule has 0 aliphatic carbocycles. The van der Waals surface area contributed by atoms with E-state index in [2.05, 4.69) is 0 Å². The molecule has 4 amide bonds. The number of ether oxygens (including phenoxy) is 4. The molecule has 16 heteroatoms. The monoisotopic (exact) mass is 1040 g/mol. The van der Waals surface area contributed by atoms with Crippen LogP contribution in [-0.2, 0) is 76.6 Å². The van der Waals surface area contributed by atoms with Gasteiger partial charge in [-0.05, 0) is 91.9 Å². The number of cyclic esters (lactones) is 4. The van der Waals surface area contributed by atoms with Crippen molar-refractivity contribution in [1.29, 1.82) is 0 Å². The SMILES string of the molecule is CC(C)C[C@H]1C(=O)O[C@H](Cc2ccc(Cc3ccccc3)cc2)C(=O)N(C)[C@@H](CC(C)C)C(=O)O[C@H](C)C(=O)N(C)[C@@H](CC(C)C)C(=O)O[C@H](Cc2ccccc2)C(=O)N(C)[C@@H](CC(C)C)C(=O)O[C@H](C)C(=O)N1C. The summed E-state index contributed by atoms with van der Waals surface area (Å²) in [6.07, 6.45) is -5.03. The van der Waals surface area contributed by atoms with Crippen molar-refractivity contribution in [2.45, 2.75) is 163 Å². The minimum Gasteiger partial charge on any atom is -0.451 e. The van der Waals surface area contributed by atoms with Gasteiger partial charge in [0.25, 0.3) is 23.6 Å². The highest BCUT2D eigenvalue weighted by atomic mass is 16.6. The van der Waals surface area contributed by atoms with Gasteiger partial charge >= 0.3 is 23.9 Å². The Kier molecular flexibility index (Phi) is 23.1. The molecule has 75 heavy (non-hydrogen) atoms. The van der Waals surface area contributed by atoms with E-state index in [0.717, 1.165) is 25.8 Å². The van der Waals surface area contributed by atoms with Crippen LogP contribution in [0.2, 0.25) is 0 Å². The first kappa shape index (κ1) is 61.0. The van der Waals surface area contributed by atoms with Crippen molar-refractivity contribution in [3.63, 3.8) is 0 Å². The number of hydrogen-bond donors (Lipinski definition) is 0. The molecule has 0 spiro atoms. The number of nitrogens with zero attached hydrogens (tertiary/aromatic N) is 4. The fraction of sp³-hybridized carbons (Fsp3) is 0.559. The molecule has 1 saturated heterocycles. The molecule has 0 saturated carbocycles. The predicted octanol–water partition coefficient (Wildman–Crippen LogP) is 7.26. The summed E-state index contributed by atoms with van der Waals surface area (Å²) in [5.74, 6) is -7.20. The second kappa shape index (κ2) is 28.4. The summed E-state index contributed by atoms with van der Waals surface area (Å²) in [6.45, 7) is 17.6. The maximum absolute atomic E-state index is 14.9. The lowest BCUT2D eigenvalue weighted by atomic mass is 9.99. The van der Waals surface area contributed by atoms with Crippen LogP contribution in [0.25, 0.3) is 0 Å². The van der Waals surface area contributed by atoms with Crippen LogP contribution >= 0.6 is 0 Å². The van der Waals surface area contributed by atoms with E-state index in [9.17, 15) is 38.4 Å². The first-order chi connectivity index (χ1) is 35.3. The van der Waals surface area contributed by atoms with Crippen molar-refractivity contribution < 1.29 is 57.3 Å². The molecular weight excluding hydrogens is 957 g/mol. The molecule has 0 radical (unpaired) electrons. The number of rotatable bonds is 14. The van der Waals surface area contributed by atoms with Gasteiger partial charge in [-0.25, -0.2) is 19.2 Å². The molecule has 1 fully saturated rings. The Hall–Kier alpha value is -6.58. The number of hydrogen-bond acceptors (Lipinski definition) is 12. The van der Waals surface area contributed by atoms with Gasteiger partial charge in [-0.1, -0.05) is 140 Å². The number of carbonyl (C=O) groups is 8. The highest BCUT2D eigenvalue weighted by Gasteiger charge is 2.43. The molecule has 410 valence electrons. The molecule has 0 N–H and O–H groups in total. The summed E-state index contributed by atoms with van der Waals surface area (Å²) in [5.41, 5.74) is 3.41. The molecule has 1 aliphatic rings. The van der Waals surface area contributed by atoms with E-state index in [1.807, 2.05) is 110 Å². The van der Waals surface area contributed by atoms with Crippen LogP contribution in [-0.4, -0.2) is 144 Å². The summed E-state index contributed by atoms with van der Waals surface area (Å²) < 4.78 is 24.0. The van der Waals surface area contributed by atoms with Crippen molar-refractivity contribution in [3.05, 3.63) is 107 Å². The fourth-order valence-electron chi connectivity index (χ4n) is 9.15. The van der Waals surface area contributed by atoms with Crippen molar-refractivity contribution >= 4 is 47.5 Å². The van der Waals surface area contributed by atoms with E-state index < -0.39 is 96.1 Å². The summed E-state index contributed by atoms with van der Waals surface area (Å²) in [4.78, 5) is 121. The quantitative estimate of drug-likeness (QED) is 0.116. The number of carbonyl (C=O) groups excluding carboxylic acids is 8. The lowest BCUT2D eigenvalue weighted by Gasteiger charge is -2.35. The Labute approximate surface area is 444 Å². The topological polar surface area (TPSA) is 186 Å². The van der Waals surface area contributed by atoms with Crippen molar-refractivity contribution in [2.24, 2.45) is 23.7 Å². The average molecular weight is 1040 g/mol. The van der Waals surface area contributed by atoms with Gasteiger partial charge in [0.2, 0.25) is 0 Å². The molecule has 1 aliphatic heterocycles. The zero-order chi connectivity index (χ0) is 55.8. The summed E-state index contributed by atoms with van der Waals surface area (Å²) in [6, 6.07) is 21.3. The van der Waals surface area contributed by atoms with Gasteiger partial charge in [-0.3, -0.25) is 19.2 Å². The molecule has 0 bridgehead atoms. The average Bonchev–Trinajstić information content (AvgIpc) is 3.36. The first-order valence-corrected chi connectivity index (χ1v) is 26.3. The second-order valence-corrected chi connectivity index (χ2v) is 21.8. The van der Waals surface area contributed by atoms with E-state index in [1.54, 1.807) is 30.3 Å². The molecule has 8 atom stereocenters.